The number of nitrogens with zero attached hydrogens (tertiary/aromatic N) is 4. The van der Waals surface area contributed by atoms with Crippen molar-refractivity contribution in [2.45, 2.75) is 50.6 Å². The summed E-state index contributed by atoms with van der Waals surface area (Å²) in [7, 11) is 0. The third kappa shape index (κ3) is 4.65. The maximum Gasteiger partial charge on any atom is 0.355 e. The standard InChI is InChI=1S/C26H27N5O7S2/c1-13-19(17-10-29-12-28(9-8-18(27)33)24(39-3)25(29)40-17)22(30-21(13)20(14(2)32)23(30)34)26(35)38-11-15-4-6-16(7-5-15)31(36)37/h4-7,10,12-14,20-21,32H,8-9,11H2,1-3H3,(H-,27,33)/p+1/t13-,14+,20+,21+/m0/s1. The van der Waals surface area contributed by atoms with Crippen LogP contribution in [0, 0.1) is 22.0 Å². The molecule has 4 heterocycles. The van der Waals surface area contributed by atoms with Gasteiger partial charge in [0.05, 0.1) is 40.8 Å². The number of aliphatic hydroxyl groups excluding tert-OH is 1. The predicted molar refractivity (Wildman–Crippen MR) is 146 cm³/mol. The van der Waals surface area contributed by atoms with E-state index in [1.807, 2.05) is 34.7 Å². The highest BCUT2D eigenvalue weighted by Gasteiger charge is 2.60. The van der Waals surface area contributed by atoms with Gasteiger partial charge in [0.1, 0.15) is 18.5 Å². The monoisotopic (exact) mass is 586 g/mol. The number of aryl methyl sites for hydroxylation is 1. The lowest BCUT2D eigenvalue weighted by Gasteiger charge is -2.46. The van der Waals surface area contributed by atoms with Gasteiger partial charge in [0.25, 0.3) is 12.0 Å². The van der Waals surface area contributed by atoms with Crippen LogP contribution in [0.2, 0.25) is 0 Å². The molecule has 4 atom stereocenters. The molecule has 12 nitrogen and oxygen atoms in total. The maximum atomic E-state index is 13.5. The lowest BCUT2D eigenvalue weighted by atomic mass is 9.77. The Bertz CT molecular complexity index is 1560. The fourth-order valence-electron chi connectivity index (χ4n) is 5.47. The van der Waals surface area contributed by atoms with Crippen molar-refractivity contribution in [3.63, 3.8) is 0 Å². The van der Waals surface area contributed by atoms with Gasteiger partial charge < -0.3 is 20.5 Å². The number of β-lactam (4-membered cyclic amide) rings is 1. The Kier molecular flexibility index (Phi) is 7.42. The van der Waals surface area contributed by atoms with Gasteiger partial charge in [0.15, 0.2) is 0 Å². The van der Waals surface area contributed by atoms with Crippen LogP contribution in [0.1, 0.15) is 30.7 Å². The van der Waals surface area contributed by atoms with Crippen molar-refractivity contribution in [3.05, 3.63) is 63.0 Å². The number of imidazole rings is 1. The van der Waals surface area contributed by atoms with E-state index in [1.54, 1.807) is 6.92 Å². The number of amides is 2. The largest absolute Gasteiger partial charge is 0.456 e. The molecule has 5 rings (SSSR count). The number of non-ortho nitro benzene ring substituents is 1. The smallest absolute Gasteiger partial charge is 0.355 e. The van der Waals surface area contributed by atoms with Crippen molar-refractivity contribution in [2.24, 2.45) is 17.6 Å². The Morgan fingerprint density at radius 3 is 2.62 bits per heavy atom. The van der Waals surface area contributed by atoms with E-state index in [0.717, 1.165) is 14.7 Å². The number of carbonyl (C=O) groups is 3. The summed E-state index contributed by atoms with van der Waals surface area (Å²) in [6.45, 7) is 3.82. The van der Waals surface area contributed by atoms with Gasteiger partial charge in [-0.3, -0.25) is 19.7 Å². The summed E-state index contributed by atoms with van der Waals surface area (Å²) >= 11 is 2.99. The number of rotatable bonds is 10. The summed E-state index contributed by atoms with van der Waals surface area (Å²) < 4.78 is 9.49. The van der Waals surface area contributed by atoms with Crippen LogP contribution in [0.5, 0.6) is 0 Å². The van der Waals surface area contributed by atoms with Crippen molar-refractivity contribution in [2.75, 3.05) is 6.26 Å². The first-order valence-electron chi connectivity index (χ1n) is 12.6. The Hall–Kier alpha value is -3.75. The zero-order valence-corrected chi connectivity index (χ0v) is 23.6. The Balaban J connectivity index is 1.50. The number of benzene rings is 1. The summed E-state index contributed by atoms with van der Waals surface area (Å²) in [5.41, 5.74) is 6.64. The first-order valence-corrected chi connectivity index (χ1v) is 14.6. The summed E-state index contributed by atoms with van der Waals surface area (Å²) in [4.78, 5) is 51.5. The van der Waals surface area contributed by atoms with E-state index >= 15 is 0 Å². The fraction of sp³-hybridized carbons (Fsp3) is 0.385. The minimum Gasteiger partial charge on any atom is -0.456 e. The molecule has 0 spiro atoms. The van der Waals surface area contributed by atoms with Gasteiger partial charge in [-0.25, -0.2) is 9.36 Å². The van der Waals surface area contributed by atoms with Crippen LogP contribution in [0.4, 0.5) is 5.69 Å². The van der Waals surface area contributed by atoms with Gasteiger partial charge in [-0.15, -0.1) is 0 Å². The summed E-state index contributed by atoms with van der Waals surface area (Å²) in [5, 5.41) is 22.2. The van der Waals surface area contributed by atoms with Gasteiger partial charge in [0.2, 0.25) is 21.7 Å². The van der Waals surface area contributed by atoms with E-state index in [-0.39, 0.29) is 42.3 Å². The van der Waals surface area contributed by atoms with Crippen molar-refractivity contribution in [1.82, 2.24) is 9.30 Å². The van der Waals surface area contributed by atoms with Crippen molar-refractivity contribution < 1.29 is 33.7 Å². The van der Waals surface area contributed by atoms with Crippen LogP contribution in [-0.4, -0.2) is 55.5 Å². The normalized spacial score (nSPS) is 20.9. The Morgan fingerprint density at radius 1 is 1.32 bits per heavy atom. The molecule has 1 saturated heterocycles. The fourth-order valence-corrected chi connectivity index (χ4v) is 7.67. The number of hydrogen-bond donors (Lipinski definition) is 2. The highest BCUT2D eigenvalue weighted by atomic mass is 32.2. The van der Waals surface area contributed by atoms with Gasteiger partial charge in [0, 0.05) is 23.6 Å². The third-order valence-electron chi connectivity index (χ3n) is 7.35. The predicted octanol–water partition coefficient (Wildman–Crippen LogP) is 2.11. The van der Waals surface area contributed by atoms with Crippen LogP contribution < -0.4 is 10.3 Å². The average molecular weight is 587 g/mol. The van der Waals surface area contributed by atoms with E-state index in [9.17, 15) is 29.6 Å². The lowest BCUT2D eigenvalue weighted by molar-refractivity contribution is -0.728. The first kappa shape index (κ1) is 27.8. The Labute approximate surface area is 237 Å². The molecule has 0 bridgehead atoms. The number of esters is 1. The number of aromatic nitrogens is 2. The van der Waals surface area contributed by atoms with Crippen LogP contribution in [0.15, 0.2) is 47.5 Å². The molecule has 1 aromatic carbocycles. The van der Waals surface area contributed by atoms with Crippen molar-refractivity contribution >= 4 is 57.0 Å². The number of thiazole rings is 1. The van der Waals surface area contributed by atoms with E-state index in [4.69, 9.17) is 10.5 Å². The number of ether oxygens (including phenoxy) is 1. The Morgan fingerprint density at radius 2 is 2.02 bits per heavy atom. The van der Waals surface area contributed by atoms with Gasteiger partial charge in [-0.1, -0.05) is 30.0 Å². The summed E-state index contributed by atoms with van der Waals surface area (Å²) in [5.74, 6) is -2.28. The third-order valence-corrected chi connectivity index (χ3v) is 9.43. The number of fused-ring (bicyclic) bond motifs is 2. The van der Waals surface area contributed by atoms with Crippen molar-refractivity contribution in [1.29, 1.82) is 0 Å². The molecule has 0 saturated carbocycles. The van der Waals surface area contributed by atoms with Crippen molar-refractivity contribution in [3.8, 4) is 0 Å². The molecule has 2 aromatic heterocycles. The van der Waals surface area contributed by atoms with E-state index in [0.29, 0.717) is 17.7 Å². The van der Waals surface area contributed by atoms with Crippen LogP contribution in [0.25, 0.3) is 10.4 Å². The molecular formula is C26H28N5O7S2+. The average Bonchev–Trinajstić information content (AvgIpc) is 3.52. The van der Waals surface area contributed by atoms with E-state index in [1.165, 1.54) is 52.3 Å². The maximum absolute atomic E-state index is 13.5. The molecular weight excluding hydrogens is 558 g/mol. The number of nitrogens with two attached hydrogens (primary N) is 1. The quantitative estimate of drug-likeness (QED) is 0.0912. The number of hydrogen-bond acceptors (Lipinski definition) is 9. The molecule has 40 heavy (non-hydrogen) atoms. The van der Waals surface area contributed by atoms with Gasteiger partial charge in [-0.2, -0.15) is 4.40 Å². The molecule has 0 aliphatic carbocycles. The number of primary amides is 1. The summed E-state index contributed by atoms with van der Waals surface area (Å²) in [6, 6.07) is 5.31. The molecule has 14 heteroatoms. The molecule has 3 aromatic rings. The molecule has 0 radical (unpaired) electrons. The molecule has 1 fully saturated rings. The van der Waals surface area contributed by atoms with Crippen LogP contribution >= 0.6 is 23.1 Å². The number of aliphatic hydroxyl groups is 1. The number of carbonyl (C=O) groups excluding carboxylic acids is 3. The molecule has 210 valence electrons. The minimum atomic E-state index is -0.876. The zero-order valence-electron chi connectivity index (χ0n) is 22.0. The number of nitro benzene ring substituents is 1. The number of nitro groups is 1. The highest BCUT2D eigenvalue weighted by molar-refractivity contribution is 7.98. The zero-order chi connectivity index (χ0) is 28.9. The highest BCUT2D eigenvalue weighted by Crippen LogP contribution is 2.52. The second-order valence-corrected chi connectivity index (χ2v) is 11.7. The van der Waals surface area contributed by atoms with Gasteiger partial charge in [-0.05, 0) is 30.9 Å². The second kappa shape index (κ2) is 10.7. The van der Waals surface area contributed by atoms with Crippen LogP contribution in [-0.2, 0) is 32.3 Å². The number of thioether (sulfide) groups is 1. The van der Waals surface area contributed by atoms with E-state index in [2.05, 4.69) is 0 Å². The molecule has 3 N–H and O–H groups in total. The van der Waals surface area contributed by atoms with E-state index < -0.39 is 28.8 Å². The SMILES string of the molecule is CSc1c2sc(C3=C(C(=O)OCc4ccc([N+](=O)[O-])cc4)N4C(=O)[C@H]([C@@H](C)O)[C@H]4[C@H]3C)cn2c[n+]1CCC(N)=O. The summed E-state index contributed by atoms with van der Waals surface area (Å²) in [6.07, 6.45) is 5.03. The first-order chi connectivity index (χ1) is 19.0. The lowest BCUT2D eigenvalue weighted by Crippen LogP contribution is -2.63. The molecule has 2 aliphatic heterocycles. The minimum absolute atomic E-state index is 0.0717. The van der Waals surface area contributed by atoms with Crippen LogP contribution in [0.3, 0.4) is 0 Å². The molecule has 0 unspecified atom stereocenters. The second-order valence-electron chi connectivity index (χ2n) is 9.86. The topological polar surface area (TPSA) is 161 Å². The molecule has 2 aliphatic rings. The van der Waals surface area contributed by atoms with Gasteiger partial charge >= 0.3 is 5.97 Å². The molecule has 2 amide bonds.